The molecule has 1 heterocycles. The molecule has 5 nitrogen and oxygen atoms in total. The van der Waals surface area contributed by atoms with Crippen molar-refractivity contribution in [1.82, 2.24) is 10.2 Å². The van der Waals surface area contributed by atoms with E-state index in [1.807, 2.05) is 43.0 Å². The Morgan fingerprint density at radius 1 is 1.43 bits per heavy atom. The van der Waals surface area contributed by atoms with Crippen molar-refractivity contribution in [3.63, 3.8) is 0 Å². The van der Waals surface area contributed by atoms with Crippen LogP contribution in [0.3, 0.4) is 0 Å². The molecule has 0 spiro atoms. The molecule has 0 aliphatic carbocycles. The molecule has 23 heavy (non-hydrogen) atoms. The minimum Gasteiger partial charge on any atom is -0.370 e. The molecule has 126 valence electrons. The zero-order chi connectivity index (χ0) is 16.7. The van der Waals surface area contributed by atoms with E-state index in [9.17, 15) is 4.79 Å². The lowest BCUT2D eigenvalue weighted by Crippen LogP contribution is -2.42. The molecule has 0 aromatic heterocycles. The summed E-state index contributed by atoms with van der Waals surface area (Å²) < 4.78 is 0. The van der Waals surface area contributed by atoms with Gasteiger partial charge < -0.3 is 16.0 Å². The summed E-state index contributed by atoms with van der Waals surface area (Å²) in [6.07, 6.45) is 0.917. The van der Waals surface area contributed by atoms with Crippen LogP contribution >= 0.6 is 11.8 Å². The molecule has 0 bridgehead atoms. The van der Waals surface area contributed by atoms with Crippen molar-refractivity contribution < 1.29 is 4.79 Å². The standard InChI is InChI=1S/C17H26N4OS/c1-3-13(2)20-16(22)15-6-4-5-14(11-15)12-19-17(18)21-7-9-23-10-8-21/h4-6,11,13H,3,7-10,12H2,1-2H3,(H2,18,19)(H,20,22). The van der Waals surface area contributed by atoms with Crippen molar-refractivity contribution in [2.45, 2.75) is 32.9 Å². The summed E-state index contributed by atoms with van der Waals surface area (Å²) >= 11 is 1.95. The van der Waals surface area contributed by atoms with Crippen molar-refractivity contribution in [3.8, 4) is 0 Å². The smallest absolute Gasteiger partial charge is 0.251 e. The first-order valence-electron chi connectivity index (χ1n) is 8.12. The lowest BCUT2D eigenvalue weighted by atomic mass is 10.1. The fourth-order valence-electron chi connectivity index (χ4n) is 2.28. The number of nitrogens with one attached hydrogen (secondary N) is 1. The molecule has 1 aromatic rings. The van der Waals surface area contributed by atoms with Crippen LogP contribution in [-0.2, 0) is 6.54 Å². The predicted octanol–water partition coefficient (Wildman–Crippen LogP) is 2.08. The monoisotopic (exact) mass is 334 g/mol. The maximum absolute atomic E-state index is 12.2. The van der Waals surface area contributed by atoms with Crippen LogP contribution in [-0.4, -0.2) is 47.4 Å². The second kappa shape index (κ2) is 8.82. The summed E-state index contributed by atoms with van der Waals surface area (Å²) in [5.74, 6) is 2.76. The van der Waals surface area contributed by atoms with Crippen LogP contribution in [0.2, 0.25) is 0 Å². The molecule has 1 aliphatic heterocycles. The van der Waals surface area contributed by atoms with Crippen molar-refractivity contribution >= 4 is 23.6 Å². The van der Waals surface area contributed by atoms with E-state index in [1.54, 1.807) is 0 Å². The van der Waals surface area contributed by atoms with Crippen LogP contribution in [0.1, 0.15) is 36.2 Å². The summed E-state index contributed by atoms with van der Waals surface area (Å²) in [6.45, 7) is 6.47. The van der Waals surface area contributed by atoms with Crippen molar-refractivity contribution in [2.75, 3.05) is 24.6 Å². The molecule has 1 amide bonds. The predicted molar refractivity (Wildman–Crippen MR) is 97.9 cm³/mol. The Morgan fingerprint density at radius 2 is 2.17 bits per heavy atom. The lowest BCUT2D eigenvalue weighted by molar-refractivity contribution is 0.0939. The molecular weight excluding hydrogens is 308 g/mol. The van der Waals surface area contributed by atoms with E-state index in [1.165, 1.54) is 0 Å². The molecule has 1 aliphatic rings. The molecular formula is C17H26N4OS. The van der Waals surface area contributed by atoms with E-state index in [2.05, 4.69) is 22.1 Å². The first-order valence-corrected chi connectivity index (χ1v) is 9.28. The van der Waals surface area contributed by atoms with Crippen molar-refractivity contribution in [1.29, 1.82) is 0 Å². The number of benzene rings is 1. The second-order valence-corrected chi connectivity index (χ2v) is 6.98. The van der Waals surface area contributed by atoms with E-state index >= 15 is 0 Å². The average Bonchev–Trinajstić information content (AvgIpc) is 2.60. The maximum atomic E-state index is 12.2. The van der Waals surface area contributed by atoms with Gasteiger partial charge in [-0.2, -0.15) is 11.8 Å². The summed E-state index contributed by atoms with van der Waals surface area (Å²) in [7, 11) is 0. The van der Waals surface area contributed by atoms with Gasteiger partial charge in [0.1, 0.15) is 0 Å². The number of nitrogens with zero attached hydrogens (tertiary/aromatic N) is 2. The number of hydrogen-bond donors (Lipinski definition) is 2. The van der Waals surface area contributed by atoms with Gasteiger partial charge in [0.05, 0.1) is 6.54 Å². The summed E-state index contributed by atoms with van der Waals surface area (Å²) in [4.78, 5) is 18.8. The Balaban J connectivity index is 1.97. The lowest BCUT2D eigenvalue weighted by Gasteiger charge is -2.27. The second-order valence-electron chi connectivity index (χ2n) is 5.76. The van der Waals surface area contributed by atoms with E-state index in [0.29, 0.717) is 18.1 Å². The highest BCUT2D eigenvalue weighted by atomic mass is 32.2. The van der Waals surface area contributed by atoms with Crippen LogP contribution < -0.4 is 11.1 Å². The fraction of sp³-hybridized carbons (Fsp3) is 0.529. The number of thioether (sulfide) groups is 1. The quantitative estimate of drug-likeness (QED) is 0.639. The SMILES string of the molecule is CCC(C)NC(=O)c1cccc(CN=C(N)N2CCSCC2)c1. The molecule has 0 saturated carbocycles. The highest BCUT2D eigenvalue weighted by Crippen LogP contribution is 2.10. The van der Waals surface area contributed by atoms with Gasteiger partial charge in [0, 0.05) is 36.2 Å². The molecule has 3 N–H and O–H groups in total. The maximum Gasteiger partial charge on any atom is 0.251 e. The fourth-order valence-corrected chi connectivity index (χ4v) is 3.19. The first kappa shape index (κ1) is 17.7. The molecule has 6 heteroatoms. The van der Waals surface area contributed by atoms with Crippen LogP contribution in [0.25, 0.3) is 0 Å². The number of amides is 1. The molecule has 1 saturated heterocycles. The summed E-state index contributed by atoms with van der Waals surface area (Å²) in [5, 5.41) is 2.98. The molecule has 1 fully saturated rings. The highest BCUT2D eigenvalue weighted by molar-refractivity contribution is 7.99. The van der Waals surface area contributed by atoms with E-state index in [-0.39, 0.29) is 11.9 Å². The third-order valence-corrected chi connectivity index (χ3v) is 4.88. The molecule has 1 unspecified atom stereocenters. The number of guanidine groups is 1. The van der Waals surface area contributed by atoms with Crippen molar-refractivity contribution in [3.05, 3.63) is 35.4 Å². The van der Waals surface area contributed by atoms with Gasteiger partial charge in [0.2, 0.25) is 0 Å². The van der Waals surface area contributed by atoms with Gasteiger partial charge >= 0.3 is 0 Å². The summed E-state index contributed by atoms with van der Waals surface area (Å²) in [5.41, 5.74) is 7.73. The van der Waals surface area contributed by atoms with E-state index < -0.39 is 0 Å². The zero-order valence-electron chi connectivity index (χ0n) is 13.9. The number of rotatable bonds is 5. The average molecular weight is 334 g/mol. The van der Waals surface area contributed by atoms with E-state index in [4.69, 9.17) is 5.73 Å². The minimum atomic E-state index is -0.0359. The van der Waals surface area contributed by atoms with Crippen molar-refractivity contribution in [2.24, 2.45) is 10.7 Å². The molecule has 0 radical (unpaired) electrons. The molecule has 1 aromatic carbocycles. The van der Waals surface area contributed by atoms with Crippen LogP contribution in [0, 0.1) is 0 Å². The normalized spacial score (nSPS) is 17.0. The number of nitrogens with two attached hydrogens (primary N) is 1. The van der Waals surface area contributed by atoms with Gasteiger partial charge in [-0.05, 0) is 31.0 Å². The third kappa shape index (κ3) is 5.46. The Hall–Kier alpha value is -1.69. The van der Waals surface area contributed by atoms with Crippen LogP contribution in [0.15, 0.2) is 29.3 Å². The zero-order valence-corrected chi connectivity index (χ0v) is 14.7. The van der Waals surface area contributed by atoms with Gasteiger partial charge in [-0.1, -0.05) is 19.1 Å². The number of carbonyl (C=O) groups excluding carboxylic acids is 1. The van der Waals surface area contributed by atoms with Gasteiger partial charge in [0.15, 0.2) is 5.96 Å². The van der Waals surface area contributed by atoms with Gasteiger partial charge in [0.25, 0.3) is 5.91 Å². The largest absolute Gasteiger partial charge is 0.370 e. The van der Waals surface area contributed by atoms with Gasteiger partial charge in [-0.25, -0.2) is 4.99 Å². The Bertz CT molecular complexity index is 555. The number of carbonyl (C=O) groups is 1. The van der Waals surface area contributed by atoms with Crippen LogP contribution in [0.5, 0.6) is 0 Å². The third-order valence-electron chi connectivity index (χ3n) is 3.94. The molecule has 1 atom stereocenters. The van der Waals surface area contributed by atoms with Gasteiger partial charge in [-0.3, -0.25) is 4.79 Å². The van der Waals surface area contributed by atoms with Gasteiger partial charge in [-0.15, -0.1) is 0 Å². The first-order chi connectivity index (χ1) is 11.1. The molecule has 2 rings (SSSR count). The Kier molecular flexibility index (Phi) is 6.77. The summed E-state index contributed by atoms with van der Waals surface area (Å²) in [6, 6.07) is 7.76. The van der Waals surface area contributed by atoms with E-state index in [0.717, 1.165) is 36.6 Å². The minimum absolute atomic E-state index is 0.0359. The topological polar surface area (TPSA) is 70.7 Å². The van der Waals surface area contributed by atoms with Crippen LogP contribution in [0.4, 0.5) is 0 Å². The Labute approximate surface area is 142 Å². The number of hydrogen-bond acceptors (Lipinski definition) is 3. The highest BCUT2D eigenvalue weighted by Gasteiger charge is 2.12. The Morgan fingerprint density at radius 3 is 2.87 bits per heavy atom. The number of aliphatic imine (C=N–C) groups is 1.